The van der Waals surface area contributed by atoms with Crippen molar-refractivity contribution in [2.24, 2.45) is 0 Å². The van der Waals surface area contributed by atoms with Gasteiger partial charge in [0.05, 0.1) is 6.61 Å². The zero-order chi connectivity index (χ0) is 9.52. The van der Waals surface area contributed by atoms with Crippen molar-refractivity contribution in [1.82, 2.24) is 0 Å². The molecule has 0 N–H and O–H groups in total. The fraction of sp³-hybridized carbons (Fsp3) is 0.250. The van der Waals surface area contributed by atoms with Gasteiger partial charge in [-0.3, -0.25) is 0 Å². The Bertz CT molecular complexity index is 305. The van der Waals surface area contributed by atoms with Crippen LogP contribution in [0.25, 0.3) is 5.57 Å². The first kappa shape index (κ1) is 9.79. The lowest BCUT2D eigenvalue weighted by atomic mass is 10.1. The summed E-state index contributed by atoms with van der Waals surface area (Å²) in [6.07, 6.45) is 1.89. The Labute approximate surface area is 79.4 Å². The van der Waals surface area contributed by atoms with E-state index in [4.69, 9.17) is 4.74 Å². The summed E-state index contributed by atoms with van der Waals surface area (Å²) in [6, 6.07) is 10.2. The van der Waals surface area contributed by atoms with Gasteiger partial charge in [0, 0.05) is 7.11 Å². The fourth-order valence-corrected chi connectivity index (χ4v) is 1.05. The van der Waals surface area contributed by atoms with Gasteiger partial charge in [0.1, 0.15) is 0 Å². The largest absolute Gasteiger partial charge is 0.380 e. The first-order valence-electron chi connectivity index (χ1n) is 4.30. The molecular weight excluding hydrogens is 160 g/mol. The van der Waals surface area contributed by atoms with E-state index >= 15 is 0 Å². The second-order valence-electron chi connectivity index (χ2n) is 2.79. The van der Waals surface area contributed by atoms with Crippen molar-refractivity contribution < 1.29 is 4.74 Å². The minimum Gasteiger partial charge on any atom is -0.380 e. The highest BCUT2D eigenvalue weighted by Gasteiger charge is 1.89. The summed E-state index contributed by atoms with van der Waals surface area (Å²) in [5, 5.41) is 0. The fourth-order valence-electron chi connectivity index (χ4n) is 1.05. The molecule has 0 aliphatic heterocycles. The summed E-state index contributed by atoms with van der Waals surface area (Å²) in [4.78, 5) is 0. The predicted molar refractivity (Wildman–Crippen MR) is 55.5 cm³/mol. The molecule has 0 aliphatic rings. The molecule has 0 fully saturated rings. The first-order valence-corrected chi connectivity index (χ1v) is 4.30. The Morgan fingerprint density at radius 2 is 2.08 bits per heavy atom. The van der Waals surface area contributed by atoms with Crippen LogP contribution in [-0.2, 0) is 4.74 Å². The molecule has 0 radical (unpaired) electrons. The van der Waals surface area contributed by atoms with Crippen LogP contribution in [0.5, 0.6) is 0 Å². The Morgan fingerprint density at radius 1 is 1.38 bits per heavy atom. The third-order valence-corrected chi connectivity index (χ3v) is 1.78. The molecule has 1 nitrogen and oxygen atoms in total. The van der Waals surface area contributed by atoms with Gasteiger partial charge >= 0.3 is 0 Å². The number of hydrogen-bond donors (Lipinski definition) is 0. The molecular formula is C12H14O. The van der Waals surface area contributed by atoms with E-state index in [1.165, 1.54) is 5.56 Å². The second-order valence-corrected chi connectivity index (χ2v) is 2.79. The zero-order valence-corrected chi connectivity index (χ0v) is 8.08. The van der Waals surface area contributed by atoms with Crippen molar-refractivity contribution in [3.8, 4) is 0 Å². The molecule has 1 rings (SSSR count). The maximum atomic E-state index is 4.90. The first-order chi connectivity index (χ1) is 6.34. The monoisotopic (exact) mass is 174 g/mol. The minimum atomic E-state index is 0.615. The van der Waals surface area contributed by atoms with Crippen molar-refractivity contribution in [3.63, 3.8) is 0 Å². The van der Waals surface area contributed by atoms with Gasteiger partial charge in [-0.05, 0) is 24.1 Å². The summed E-state index contributed by atoms with van der Waals surface area (Å²) in [7, 11) is 1.68. The van der Waals surface area contributed by atoms with Crippen LogP contribution < -0.4 is 0 Å². The zero-order valence-electron chi connectivity index (χ0n) is 8.08. The van der Waals surface area contributed by atoms with Gasteiger partial charge in [-0.15, -0.1) is 5.73 Å². The van der Waals surface area contributed by atoms with Crippen molar-refractivity contribution in [2.45, 2.75) is 6.92 Å². The quantitative estimate of drug-likeness (QED) is 0.640. The molecule has 0 unspecified atom stereocenters. The molecule has 0 atom stereocenters. The van der Waals surface area contributed by atoms with Gasteiger partial charge in [0.25, 0.3) is 0 Å². The van der Waals surface area contributed by atoms with E-state index in [2.05, 4.69) is 17.9 Å². The summed E-state index contributed by atoms with van der Waals surface area (Å²) < 4.78 is 4.90. The number of rotatable bonds is 3. The molecule has 0 amide bonds. The highest BCUT2D eigenvalue weighted by Crippen LogP contribution is 2.10. The van der Waals surface area contributed by atoms with Crippen LogP contribution in [0.4, 0.5) is 0 Å². The molecule has 0 saturated heterocycles. The molecule has 13 heavy (non-hydrogen) atoms. The van der Waals surface area contributed by atoms with Crippen LogP contribution in [0, 0.1) is 0 Å². The van der Waals surface area contributed by atoms with Crippen molar-refractivity contribution in [3.05, 3.63) is 47.7 Å². The Morgan fingerprint density at radius 3 is 2.69 bits per heavy atom. The SMILES string of the molecule is COCC=C=C(C)c1ccccc1. The second kappa shape index (κ2) is 5.36. The third-order valence-electron chi connectivity index (χ3n) is 1.78. The average Bonchev–Trinajstić information content (AvgIpc) is 2.19. The van der Waals surface area contributed by atoms with E-state index < -0.39 is 0 Å². The van der Waals surface area contributed by atoms with E-state index in [1.54, 1.807) is 7.11 Å². The molecule has 0 aromatic heterocycles. The van der Waals surface area contributed by atoms with E-state index in [1.807, 2.05) is 31.2 Å². The maximum absolute atomic E-state index is 4.90. The smallest absolute Gasteiger partial charge is 0.0717 e. The van der Waals surface area contributed by atoms with E-state index in [0.29, 0.717) is 6.61 Å². The van der Waals surface area contributed by atoms with Crippen molar-refractivity contribution in [2.75, 3.05) is 13.7 Å². The summed E-state index contributed by atoms with van der Waals surface area (Å²) in [5.74, 6) is 0. The topological polar surface area (TPSA) is 9.23 Å². The van der Waals surface area contributed by atoms with Gasteiger partial charge < -0.3 is 4.74 Å². The van der Waals surface area contributed by atoms with Crippen LogP contribution in [0.2, 0.25) is 0 Å². The minimum absolute atomic E-state index is 0.615. The standard InChI is InChI=1S/C12H14O/c1-11(7-6-10-13-2)12-8-4-3-5-9-12/h3-6,8-9H,10H2,1-2H3. The van der Waals surface area contributed by atoms with E-state index in [9.17, 15) is 0 Å². The van der Waals surface area contributed by atoms with Gasteiger partial charge in [-0.1, -0.05) is 30.3 Å². The van der Waals surface area contributed by atoms with Crippen LogP contribution in [0.1, 0.15) is 12.5 Å². The van der Waals surface area contributed by atoms with Crippen molar-refractivity contribution >= 4 is 5.57 Å². The van der Waals surface area contributed by atoms with Crippen molar-refractivity contribution in [1.29, 1.82) is 0 Å². The maximum Gasteiger partial charge on any atom is 0.0717 e. The Hall–Kier alpha value is -1.30. The molecule has 0 spiro atoms. The number of benzene rings is 1. The van der Waals surface area contributed by atoms with Gasteiger partial charge in [-0.25, -0.2) is 0 Å². The molecule has 0 aliphatic carbocycles. The normalized spacial score (nSPS) is 9.08. The highest BCUT2D eigenvalue weighted by molar-refractivity contribution is 5.62. The lowest BCUT2D eigenvalue weighted by molar-refractivity contribution is 0.234. The summed E-state index contributed by atoms with van der Waals surface area (Å²) in [6.45, 7) is 2.66. The van der Waals surface area contributed by atoms with Crippen LogP contribution >= 0.6 is 0 Å². The Balaban J connectivity index is 2.79. The van der Waals surface area contributed by atoms with Crippen LogP contribution in [0.3, 0.4) is 0 Å². The summed E-state index contributed by atoms with van der Waals surface area (Å²) in [5.41, 5.74) is 5.51. The third kappa shape index (κ3) is 3.29. The van der Waals surface area contributed by atoms with Gasteiger partial charge in [0.2, 0.25) is 0 Å². The highest BCUT2D eigenvalue weighted by atomic mass is 16.5. The Kier molecular flexibility index (Phi) is 4.04. The predicted octanol–water partition coefficient (Wildman–Crippen LogP) is 2.89. The molecule has 0 bridgehead atoms. The molecule has 1 heteroatoms. The molecule has 0 saturated carbocycles. The van der Waals surface area contributed by atoms with Gasteiger partial charge in [-0.2, -0.15) is 0 Å². The van der Waals surface area contributed by atoms with Crippen LogP contribution in [-0.4, -0.2) is 13.7 Å². The molecule has 68 valence electrons. The summed E-state index contributed by atoms with van der Waals surface area (Å²) >= 11 is 0. The van der Waals surface area contributed by atoms with Crippen LogP contribution in [0.15, 0.2) is 42.1 Å². The molecule has 0 heterocycles. The molecule has 1 aromatic carbocycles. The van der Waals surface area contributed by atoms with Gasteiger partial charge in [0.15, 0.2) is 0 Å². The lowest BCUT2D eigenvalue weighted by Gasteiger charge is -1.95. The molecule has 1 aromatic rings. The number of hydrogen-bond acceptors (Lipinski definition) is 1. The lowest BCUT2D eigenvalue weighted by Crippen LogP contribution is -1.79. The van der Waals surface area contributed by atoms with E-state index in [0.717, 1.165) is 5.57 Å². The average molecular weight is 174 g/mol. The van der Waals surface area contributed by atoms with E-state index in [-0.39, 0.29) is 0 Å². The number of ether oxygens (including phenoxy) is 1. The number of methoxy groups -OCH3 is 1.